The number of halogens is 1. The lowest BCUT2D eigenvalue weighted by atomic mass is 10.1. The van der Waals surface area contributed by atoms with Gasteiger partial charge >= 0.3 is 0 Å². The van der Waals surface area contributed by atoms with Crippen LogP contribution >= 0.6 is 0 Å². The van der Waals surface area contributed by atoms with E-state index in [2.05, 4.69) is 5.32 Å². The molecular formula is C17H20FNO. The SMILES string of the molecule is CC(Cc1ccccc1F)Nc1ccc(CCO)cc1. The van der Waals surface area contributed by atoms with Crippen LogP contribution in [0.25, 0.3) is 0 Å². The quantitative estimate of drug-likeness (QED) is 0.845. The lowest BCUT2D eigenvalue weighted by Crippen LogP contribution is -2.18. The molecule has 0 saturated carbocycles. The molecule has 20 heavy (non-hydrogen) atoms. The van der Waals surface area contributed by atoms with E-state index in [0.29, 0.717) is 12.8 Å². The van der Waals surface area contributed by atoms with Crippen LogP contribution in [0.3, 0.4) is 0 Å². The molecule has 2 aromatic carbocycles. The van der Waals surface area contributed by atoms with E-state index in [0.717, 1.165) is 16.8 Å². The zero-order chi connectivity index (χ0) is 14.4. The molecule has 2 aromatic rings. The summed E-state index contributed by atoms with van der Waals surface area (Å²) in [6.45, 7) is 2.20. The highest BCUT2D eigenvalue weighted by molar-refractivity contribution is 5.45. The maximum Gasteiger partial charge on any atom is 0.126 e. The molecule has 0 saturated heterocycles. The molecule has 2 rings (SSSR count). The van der Waals surface area contributed by atoms with Crippen molar-refractivity contribution in [1.29, 1.82) is 0 Å². The molecule has 3 heteroatoms. The van der Waals surface area contributed by atoms with Crippen LogP contribution in [0.4, 0.5) is 10.1 Å². The van der Waals surface area contributed by atoms with Crippen molar-refractivity contribution in [2.75, 3.05) is 11.9 Å². The number of hydrogen-bond acceptors (Lipinski definition) is 2. The van der Waals surface area contributed by atoms with Gasteiger partial charge in [0.15, 0.2) is 0 Å². The summed E-state index contributed by atoms with van der Waals surface area (Å²) in [5.41, 5.74) is 2.85. The van der Waals surface area contributed by atoms with Crippen LogP contribution in [0, 0.1) is 5.82 Å². The van der Waals surface area contributed by atoms with Gasteiger partial charge in [0.1, 0.15) is 5.82 Å². The number of aliphatic hydroxyl groups is 1. The van der Waals surface area contributed by atoms with Gasteiger partial charge in [-0.05, 0) is 49.1 Å². The second-order valence-electron chi connectivity index (χ2n) is 5.01. The number of rotatable bonds is 6. The minimum absolute atomic E-state index is 0.149. The largest absolute Gasteiger partial charge is 0.396 e. The second-order valence-corrected chi connectivity index (χ2v) is 5.01. The fourth-order valence-electron chi connectivity index (χ4n) is 2.23. The normalized spacial score (nSPS) is 12.2. The highest BCUT2D eigenvalue weighted by atomic mass is 19.1. The third-order valence-corrected chi connectivity index (χ3v) is 3.25. The Balaban J connectivity index is 1.94. The highest BCUT2D eigenvalue weighted by Gasteiger charge is 2.07. The predicted octanol–water partition coefficient (Wildman–Crippen LogP) is 3.40. The molecule has 2 nitrogen and oxygen atoms in total. The molecule has 0 aliphatic heterocycles. The highest BCUT2D eigenvalue weighted by Crippen LogP contribution is 2.14. The maximum atomic E-state index is 13.6. The van der Waals surface area contributed by atoms with Crippen LogP contribution in [-0.2, 0) is 12.8 Å². The Bertz CT molecular complexity index is 539. The van der Waals surface area contributed by atoms with Crippen LogP contribution in [0.5, 0.6) is 0 Å². The predicted molar refractivity (Wildman–Crippen MR) is 80.4 cm³/mol. The van der Waals surface area contributed by atoms with Crippen LogP contribution < -0.4 is 5.32 Å². The fourth-order valence-corrected chi connectivity index (χ4v) is 2.23. The molecule has 0 heterocycles. The Kier molecular flexibility index (Phi) is 5.13. The first kappa shape index (κ1) is 14.5. The summed E-state index contributed by atoms with van der Waals surface area (Å²) < 4.78 is 13.6. The second kappa shape index (κ2) is 7.06. The van der Waals surface area contributed by atoms with Crippen LogP contribution in [0.15, 0.2) is 48.5 Å². The molecule has 0 fully saturated rings. The van der Waals surface area contributed by atoms with Crippen molar-refractivity contribution in [2.24, 2.45) is 0 Å². The summed E-state index contributed by atoms with van der Waals surface area (Å²) in [6.07, 6.45) is 1.32. The average molecular weight is 273 g/mol. The van der Waals surface area contributed by atoms with Crippen LogP contribution in [0.1, 0.15) is 18.1 Å². The van der Waals surface area contributed by atoms with Gasteiger partial charge in [0, 0.05) is 18.3 Å². The Hall–Kier alpha value is -1.87. The monoisotopic (exact) mass is 273 g/mol. The Labute approximate surface area is 119 Å². The molecule has 0 aromatic heterocycles. The summed E-state index contributed by atoms with van der Waals surface area (Å²) in [4.78, 5) is 0. The van der Waals surface area contributed by atoms with E-state index in [4.69, 9.17) is 5.11 Å². The topological polar surface area (TPSA) is 32.3 Å². The Morgan fingerprint density at radius 3 is 2.45 bits per heavy atom. The van der Waals surface area contributed by atoms with Gasteiger partial charge in [-0.2, -0.15) is 0 Å². The molecule has 106 valence electrons. The van der Waals surface area contributed by atoms with E-state index in [1.165, 1.54) is 6.07 Å². The van der Waals surface area contributed by atoms with Crippen molar-refractivity contribution in [3.8, 4) is 0 Å². The molecule has 1 unspecified atom stereocenters. The van der Waals surface area contributed by atoms with E-state index in [-0.39, 0.29) is 18.5 Å². The molecule has 0 amide bonds. The fraction of sp³-hybridized carbons (Fsp3) is 0.294. The lowest BCUT2D eigenvalue weighted by molar-refractivity contribution is 0.299. The summed E-state index contributed by atoms with van der Waals surface area (Å²) in [5, 5.41) is 12.2. The summed E-state index contributed by atoms with van der Waals surface area (Å²) in [6, 6.07) is 15.0. The van der Waals surface area contributed by atoms with Crippen molar-refractivity contribution < 1.29 is 9.50 Å². The lowest BCUT2D eigenvalue weighted by Gasteiger charge is -2.16. The first-order valence-electron chi connectivity index (χ1n) is 6.89. The first-order valence-corrected chi connectivity index (χ1v) is 6.89. The van der Waals surface area contributed by atoms with Gasteiger partial charge in [-0.1, -0.05) is 30.3 Å². The van der Waals surface area contributed by atoms with Gasteiger partial charge in [-0.15, -0.1) is 0 Å². The van der Waals surface area contributed by atoms with Crippen molar-refractivity contribution in [2.45, 2.75) is 25.8 Å². The molecule has 0 aliphatic rings. The molecule has 0 radical (unpaired) electrons. The zero-order valence-corrected chi connectivity index (χ0v) is 11.6. The van der Waals surface area contributed by atoms with E-state index < -0.39 is 0 Å². The number of benzene rings is 2. The third kappa shape index (κ3) is 4.07. The number of aliphatic hydroxyl groups excluding tert-OH is 1. The number of anilines is 1. The molecular weight excluding hydrogens is 253 g/mol. The first-order chi connectivity index (χ1) is 9.69. The van der Waals surface area contributed by atoms with Crippen molar-refractivity contribution in [3.63, 3.8) is 0 Å². The molecule has 0 spiro atoms. The van der Waals surface area contributed by atoms with Gasteiger partial charge in [0.2, 0.25) is 0 Å². The standard InChI is InChI=1S/C17H20FNO/c1-13(12-15-4-2-3-5-17(15)18)19-16-8-6-14(7-9-16)10-11-20/h2-9,13,19-20H,10-12H2,1H3. The van der Waals surface area contributed by atoms with E-state index in [1.807, 2.05) is 43.3 Å². The minimum atomic E-state index is -0.153. The molecule has 2 N–H and O–H groups in total. The maximum absolute atomic E-state index is 13.6. The van der Waals surface area contributed by atoms with Crippen molar-refractivity contribution in [3.05, 3.63) is 65.5 Å². The number of nitrogens with one attached hydrogen (secondary N) is 1. The van der Waals surface area contributed by atoms with E-state index in [9.17, 15) is 4.39 Å². The number of hydrogen-bond donors (Lipinski definition) is 2. The van der Waals surface area contributed by atoms with E-state index in [1.54, 1.807) is 6.07 Å². The summed E-state index contributed by atoms with van der Waals surface area (Å²) in [7, 11) is 0. The van der Waals surface area contributed by atoms with Crippen LogP contribution in [0.2, 0.25) is 0 Å². The smallest absolute Gasteiger partial charge is 0.126 e. The van der Waals surface area contributed by atoms with Gasteiger partial charge in [0.05, 0.1) is 0 Å². The summed E-state index contributed by atoms with van der Waals surface area (Å²) in [5.74, 6) is -0.153. The average Bonchev–Trinajstić information content (AvgIpc) is 2.44. The van der Waals surface area contributed by atoms with Crippen molar-refractivity contribution in [1.82, 2.24) is 0 Å². The summed E-state index contributed by atoms with van der Waals surface area (Å²) >= 11 is 0. The Morgan fingerprint density at radius 1 is 1.10 bits per heavy atom. The van der Waals surface area contributed by atoms with Gasteiger partial charge in [0.25, 0.3) is 0 Å². The van der Waals surface area contributed by atoms with Crippen LogP contribution in [-0.4, -0.2) is 17.8 Å². The zero-order valence-electron chi connectivity index (χ0n) is 11.6. The van der Waals surface area contributed by atoms with Gasteiger partial charge in [-0.3, -0.25) is 0 Å². The van der Waals surface area contributed by atoms with Gasteiger partial charge in [-0.25, -0.2) is 4.39 Å². The van der Waals surface area contributed by atoms with E-state index >= 15 is 0 Å². The molecule has 0 aliphatic carbocycles. The van der Waals surface area contributed by atoms with Crippen molar-refractivity contribution >= 4 is 5.69 Å². The Morgan fingerprint density at radius 2 is 1.80 bits per heavy atom. The molecule has 0 bridgehead atoms. The van der Waals surface area contributed by atoms with Gasteiger partial charge < -0.3 is 10.4 Å². The molecule has 1 atom stereocenters. The third-order valence-electron chi connectivity index (χ3n) is 3.25. The minimum Gasteiger partial charge on any atom is -0.396 e.